The zero-order valence-electron chi connectivity index (χ0n) is 28.9. The molecule has 3 aromatic heterocycles. The van der Waals surface area contributed by atoms with Crippen molar-refractivity contribution in [1.29, 1.82) is 0 Å². The number of aromatic nitrogens is 2. The van der Waals surface area contributed by atoms with E-state index >= 15 is 0 Å². The van der Waals surface area contributed by atoms with Crippen molar-refractivity contribution >= 4 is 34.4 Å². The highest BCUT2D eigenvalue weighted by molar-refractivity contribution is 7.10. The van der Waals surface area contributed by atoms with Gasteiger partial charge in [0.25, 0.3) is 0 Å². The number of oxazole rings is 2. The number of ether oxygens (including phenoxy) is 1. The fourth-order valence-electron chi connectivity index (χ4n) is 8.92. The molecule has 7 heterocycles. The molecular weight excluding hydrogens is 687 g/mol. The van der Waals surface area contributed by atoms with Gasteiger partial charge in [0.05, 0.1) is 12.6 Å². The van der Waals surface area contributed by atoms with Crippen LogP contribution in [0.15, 0.2) is 93.2 Å². The maximum atomic E-state index is 14.2. The molecule has 4 atom stereocenters. The molecule has 10 bridgehead atoms. The van der Waals surface area contributed by atoms with Gasteiger partial charge < -0.3 is 29.5 Å². The van der Waals surface area contributed by atoms with E-state index in [9.17, 15) is 9.59 Å². The van der Waals surface area contributed by atoms with Crippen LogP contribution in [0.2, 0.25) is 0 Å². The normalized spacial score (nSPS) is 22.4. The monoisotopic (exact) mass is 719 g/mol. The molecule has 0 fully saturated rings. The van der Waals surface area contributed by atoms with Gasteiger partial charge in [-0.3, -0.25) is 9.59 Å². The second-order valence-electron chi connectivity index (χ2n) is 14.7. The molecule has 2 unspecified atom stereocenters. The number of nitrogens with zero attached hydrogens (tertiary/aromatic N) is 2. The highest BCUT2D eigenvalue weighted by atomic mass is 32.1. The fourth-order valence-corrected chi connectivity index (χ4v) is 9.62. The molecule has 11 rings (SSSR count). The molecule has 0 radical (unpaired) electrons. The Kier molecular flexibility index (Phi) is 6.38. The lowest BCUT2D eigenvalue weighted by molar-refractivity contribution is -0.129. The summed E-state index contributed by atoms with van der Waals surface area (Å²) in [6.45, 7) is 4.02. The first-order chi connectivity index (χ1) is 25.9. The van der Waals surface area contributed by atoms with Crippen molar-refractivity contribution in [3.8, 4) is 28.5 Å². The van der Waals surface area contributed by atoms with Crippen molar-refractivity contribution in [1.82, 2.24) is 20.6 Å². The number of allylic oxidation sites excluding steroid dienone is 1. The molecule has 4 aliphatic heterocycles. The van der Waals surface area contributed by atoms with Crippen LogP contribution in [0.4, 0.5) is 5.69 Å². The predicted molar refractivity (Wildman–Crippen MR) is 198 cm³/mol. The molecule has 5 aliphatic rings. The van der Waals surface area contributed by atoms with Gasteiger partial charge in [-0.15, -0.1) is 11.3 Å². The lowest BCUT2D eigenvalue weighted by Crippen LogP contribution is -2.50. The predicted octanol–water partition coefficient (Wildman–Crippen LogP) is 6.93. The molecule has 262 valence electrons. The Balaban J connectivity index is 1.17. The van der Waals surface area contributed by atoms with E-state index in [1.54, 1.807) is 6.20 Å². The van der Waals surface area contributed by atoms with Crippen LogP contribution in [-0.4, -0.2) is 34.1 Å². The van der Waals surface area contributed by atoms with Crippen molar-refractivity contribution in [2.45, 2.75) is 56.8 Å². The number of benzene rings is 3. The number of carbonyl (C=O) groups excluding carboxylic acids is 2. The van der Waals surface area contributed by atoms with Crippen molar-refractivity contribution in [2.75, 3.05) is 5.32 Å². The number of rotatable bonds is 4. The minimum Gasteiger partial charge on any atom is -0.469 e. The second kappa shape index (κ2) is 11.0. The average molecular weight is 720 g/mol. The van der Waals surface area contributed by atoms with Crippen LogP contribution in [0.5, 0.6) is 5.75 Å². The minimum atomic E-state index is -1.01. The van der Waals surface area contributed by atoms with Crippen molar-refractivity contribution < 1.29 is 23.2 Å². The molecule has 3 aromatic carbocycles. The molecule has 11 heteroatoms. The van der Waals surface area contributed by atoms with Crippen LogP contribution in [-0.2, 0) is 34.3 Å². The number of thiophene rings is 1. The van der Waals surface area contributed by atoms with E-state index in [4.69, 9.17) is 23.5 Å². The smallest absolute Gasteiger partial charge is 0.249 e. The van der Waals surface area contributed by atoms with Crippen LogP contribution in [0.3, 0.4) is 0 Å². The fraction of sp³-hybridized carbons (Fsp3) is 0.238. The Morgan fingerprint density at radius 3 is 2.79 bits per heavy atom. The molecule has 6 aromatic rings. The third kappa shape index (κ3) is 4.31. The summed E-state index contributed by atoms with van der Waals surface area (Å²) in [5, 5.41) is 12.0. The van der Waals surface area contributed by atoms with E-state index in [0.29, 0.717) is 34.7 Å². The van der Waals surface area contributed by atoms with E-state index < -0.39 is 23.7 Å². The van der Waals surface area contributed by atoms with E-state index in [-0.39, 0.29) is 30.6 Å². The number of anilines is 1. The summed E-state index contributed by atoms with van der Waals surface area (Å²) in [5.74, 6) is 1.85. The van der Waals surface area contributed by atoms with E-state index in [1.165, 1.54) is 16.9 Å². The third-order valence-corrected chi connectivity index (χ3v) is 12.2. The molecule has 0 saturated carbocycles. The highest BCUT2D eigenvalue weighted by Gasteiger charge is 2.61. The number of hydrogen-bond donors (Lipinski definition) is 3. The van der Waals surface area contributed by atoms with Gasteiger partial charge in [-0.1, -0.05) is 74.5 Å². The van der Waals surface area contributed by atoms with Gasteiger partial charge in [0.15, 0.2) is 23.4 Å². The number of amides is 2. The Morgan fingerprint density at radius 1 is 1.04 bits per heavy atom. The van der Waals surface area contributed by atoms with Gasteiger partial charge in [0.2, 0.25) is 23.6 Å². The molecule has 3 N–H and O–H groups in total. The molecule has 1 aliphatic carbocycles. The van der Waals surface area contributed by atoms with Crippen molar-refractivity contribution in [3.63, 3.8) is 0 Å². The molecular formula is C42H33N5O5S. The van der Waals surface area contributed by atoms with Crippen LogP contribution in [0.1, 0.15) is 70.0 Å². The zero-order valence-corrected chi connectivity index (χ0v) is 29.7. The third-order valence-electron chi connectivity index (χ3n) is 11.3. The summed E-state index contributed by atoms with van der Waals surface area (Å²) in [6, 6.07) is 21.2. The summed E-state index contributed by atoms with van der Waals surface area (Å²) < 4.78 is 20.6. The molecule has 53 heavy (non-hydrogen) atoms. The zero-order chi connectivity index (χ0) is 35.6. The van der Waals surface area contributed by atoms with Gasteiger partial charge >= 0.3 is 0 Å². The topological polar surface area (TPSA) is 132 Å². The lowest BCUT2D eigenvalue weighted by atomic mass is 9.72. The average Bonchev–Trinajstić information content (AvgIpc) is 3.99. The summed E-state index contributed by atoms with van der Waals surface area (Å²) >= 11 is 1.51. The van der Waals surface area contributed by atoms with E-state index in [0.717, 1.165) is 55.9 Å². The summed E-state index contributed by atoms with van der Waals surface area (Å²) in [6.07, 6.45) is 4.62. The van der Waals surface area contributed by atoms with Crippen molar-refractivity contribution in [2.24, 2.45) is 5.92 Å². The summed E-state index contributed by atoms with van der Waals surface area (Å²) in [5.41, 5.74) is 8.60. The second-order valence-corrected chi connectivity index (χ2v) is 15.8. The molecule has 0 saturated heterocycles. The number of nitrogens with one attached hydrogen (secondary N) is 3. The van der Waals surface area contributed by atoms with Gasteiger partial charge in [0, 0.05) is 39.2 Å². The number of fused-ring (bicyclic) bond motifs is 7. The van der Waals surface area contributed by atoms with Crippen molar-refractivity contribution in [3.05, 3.63) is 134 Å². The van der Waals surface area contributed by atoms with Crippen LogP contribution in [0, 0.1) is 5.92 Å². The summed E-state index contributed by atoms with van der Waals surface area (Å²) in [7, 11) is 0. The number of para-hydroxylation sites is 1. The van der Waals surface area contributed by atoms with Gasteiger partial charge in [-0.05, 0) is 52.1 Å². The quantitative estimate of drug-likeness (QED) is 0.179. The van der Waals surface area contributed by atoms with Crippen LogP contribution in [0.25, 0.3) is 28.3 Å². The van der Waals surface area contributed by atoms with Crippen LogP contribution < -0.4 is 20.7 Å². The highest BCUT2D eigenvalue weighted by Crippen LogP contribution is 2.61. The van der Waals surface area contributed by atoms with Gasteiger partial charge in [-0.25, -0.2) is 9.97 Å². The van der Waals surface area contributed by atoms with E-state index in [2.05, 4.69) is 64.5 Å². The first-order valence-corrected chi connectivity index (χ1v) is 18.9. The Bertz CT molecular complexity index is 2570. The number of carbonyl (C=O) groups is 2. The van der Waals surface area contributed by atoms with Gasteiger partial charge in [-0.2, -0.15) is 0 Å². The standard InChI is InChI=1S/C42H33N5O5S/c1-20(2)34-40-46-36-37(52-40)42-27-10-4-9-25(24-8-3-6-22-12-13-26(33(22)24)31-19-43-39(36)50-31)35(27)47-41(42)51-30-14-11-21(16-28(30)42)17-29(38(49)45-34)44-32(48)18-23-7-5-15-53-23/h3-11,13-16,19-20,29,34,41,47H,12,17-18H2,1-2H3,(H,44,48)(H,45,49)/t29?,34-,41-,42?/m0/s1. The summed E-state index contributed by atoms with van der Waals surface area (Å²) in [4.78, 5) is 38.6. The maximum Gasteiger partial charge on any atom is 0.249 e. The largest absolute Gasteiger partial charge is 0.469 e. The van der Waals surface area contributed by atoms with Crippen LogP contribution >= 0.6 is 11.3 Å². The first-order valence-electron chi connectivity index (χ1n) is 18.0. The van der Waals surface area contributed by atoms with E-state index in [1.807, 2.05) is 43.5 Å². The Hall–Kier alpha value is -5.94. The number of hydrogen-bond acceptors (Lipinski definition) is 9. The van der Waals surface area contributed by atoms with Gasteiger partial charge in [0.1, 0.15) is 23.2 Å². The molecule has 1 spiro atoms. The Morgan fingerprint density at radius 2 is 1.92 bits per heavy atom. The first kappa shape index (κ1) is 30.7. The Labute approximate surface area is 308 Å². The maximum absolute atomic E-state index is 14.2. The molecule has 10 nitrogen and oxygen atoms in total. The molecule has 2 amide bonds. The lowest BCUT2D eigenvalue weighted by Gasteiger charge is -2.29. The minimum absolute atomic E-state index is 0.121. The SMILES string of the molecule is CC(C)[C@@H]1NC(=O)C(NC(=O)Cc2cccs2)Cc2ccc3c(c2)C24c5cccc(c5N[C@H]2O3)-c2cccc3c2C(=CC3)c2cnc(o2)-c2nc1oc24.